The van der Waals surface area contributed by atoms with E-state index in [1.165, 1.54) is 0 Å². The predicted octanol–water partition coefficient (Wildman–Crippen LogP) is 4.63. The lowest BCUT2D eigenvalue weighted by atomic mass is 9.94. The van der Waals surface area contributed by atoms with Gasteiger partial charge in [0.25, 0.3) is 5.91 Å². The molecule has 1 aromatic rings. The van der Waals surface area contributed by atoms with Gasteiger partial charge in [-0.3, -0.25) is 4.79 Å². The van der Waals surface area contributed by atoms with E-state index in [0.717, 1.165) is 17.3 Å². The molecule has 0 aliphatic rings. The fourth-order valence-electron chi connectivity index (χ4n) is 1.63. The fraction of sp³-hybridized carbons (Fsp3) is 0.462. The molecule has 0 bridgehead atoms. The molecule has 0 aliphatic carbocycles. The van der Waals surface area contributed by atoms with Crippen molar-refractivity contribution in [1.82, 2.24) is 5.32 Å². The zero-order chi connectivity index (χ0) is 13.8. The summed E-state index contributed by atoms with van der Waals surface area (Å²) in [6, 6.07) is 5.14. The van der Waals surface area contributed by atoms with E-state index in [9.17, 15) is 4.79 Å². The third kappa shape index (κ3) is 3.62. The van der Waals surface area contributed by atoms with Crippen molar-refractivity contribution < 1.29 is 4.79 Å². The molecule has 2 nitrogen and oxygen atoms in total. The quantitative estimate of drug-likeness (QED) is 0.769. The van der Waals surface area contributed by atoms with Gasteiger partial charge in [0.2, 0.25) is 0 Å². The number of carbonyl (C=O) groups is 1. The third-order valence-corrected chi connectivity index (χ3v) is 4.60. The van der Waals surface area contributed by atoms with E-state index >= 15 is 0 Å². The Bertz CT molecular complexity index is 425. The van der Waals surface area contributed by atoms with Crippen molar-refractivity contribution in [2.45, 2.75) is 32.2 Å². The van der Waals surface area contributed by atoms with Crippen LogP contribution in [0.1, 0.15) is 37.0 Å². The molecule has 0 unspecified atom stereocenters. The molecule has 0 spiro atoms. The standard InChI is InChI=1S/C13H16BrCl2NO/c1-3-13(4-2,8-15)17-12(18)10-7-9(16)5-6-11(10)14/h5-7H,3-4,8H2,1-2H3,(H,17,18). The maximum Gasteiger partial charge on any atom is 0.252 e. The summed E-state index contributed by atoms with van der Waals surface area (Å²) in [5.74, 6) is 0.234. The van der Waals surface area contributed by atoms with Gasteiger partial charge in [-0.25, -0.2) is 0 Å². The number of amides is 1. The van der Waals surface area contributed by atoms with Gasteiger partial charge < -0.3 is 5.32 Å². The smallest absolute Gasteiger partial charge is 0.252 e. The van der Waals surface area contributed by atoms with Gasteiger partial charge in [0.05, 0.1) is 11.1 Å². The first kappa shape index (κ1) is 15.8. The molecule has 1 amide bonds. The minimum absolute atomic E-state index is 0.159. The molecule has 18 heavy (non-hydrogen) atoms. The highest BCUT2D eigenvalue weighted by Crippen LogP contribution is 2.23. The summed E-state index contributed by atoms with van der Waals surface area (Å²) in [6.07, 6.45) is 1.58. The summed E-state index contributed by atoms with van der Waals surface area (Å²) >= 11 is 15.2. The van der Waals surface area contributed by atoms with E-state index in [2.05, 4.69) is 21.2 Å². The molecule has 0 atom stereocenters. The molecule has 1 rings (SSSR count). The van der Waals surface area contributed by atoms with Crippen LogP contribution in [0.15, 0.2) is 22.7 Å². The Morgan fingerprint density at radius 2 is 2.00 bits per heavy atom. The molecule has 0 fully saturated rings. The predicted molar refractivity (Wildman–Crippen MR) is 80.7 cm³/mol. The number of hydrogen-bond acceptors (Lipinski definition) is 1. The van der Waals surface area contributed by atoms with Gasteiger partial charge >= 0.3 is 0 Å². The summed E-state index contributed by atoms with van der Waals surface area (Å²) in [5.41, 5.74) is 0.166. The Balaban J connectivity index is 2.97. The lowest BCUT2D eigenvalue weighted by Crippen LogP contribution is -2.49. The first-order valence-electron chi connectivity index (χ1n) is 5.81. The van der Waals surface area contributed by atoms with Crippen LogP contribution >= 0.6 is 39.1 Å². The monoisotopic (exact) mass is 351 g/mol. The van der Waals surface area contributed by atoms with Crippen LogP contribution in [0.4, 0.5) is 0 Å². The molecule has 0 saturated heterocycles. The average Bonchev–Trinajstić information content (AvgIpc) is 2.38. The Hall–Kier alpha value is -0.250. The summed E-state index contributed by atoms with van der Waals surface area (Å²) in [4.78, 5) is 12.3. The van der Waals surface area contributed by atoms with Crippen LogP contribution in [0, 0.1) is 0 Å². The maximum atomic E-state index is 12.3. The summed E-state index contributed by atoms with van der Waals surface area (Å²) in [6.45, 7) is 4.03. The lowest BCUT2D eigenvalue weighted by Gasteiger charge is -2.30. The van der Waals surface area contributed by atoms with Crippen LogP contribution in [0.3, 0.4) is 0 Å². The lowest BCUT2D eigenvalue weighted by molar-refractivity contribution is 0.0901. The van der Waals surface area contributed by atoms with Crippen molar-refractivity contribution in [3.63, 3.8) is 0 Å². The van der Waals surface area contributed by atoms with Gasteiger partial charge in [0.15, 0.2) is 0 Å². The maximum absolute atomic E-state index is 12.3. The Morgan fingerprint density at radius 3 is 2.50 bits per heavy atom. The van der Waals surface area contributed by atoms with E-state index in [0.29, 0.717) is 16.5 Å². The molecule has 0 aromatic heterocycles. The zero-order valence-corrected chi connectivity index (χ0v) is 13.5. The minimum atomic E-state index is -0.361. The van der Waals surface area contributed by atoms with Crippen LogP contribution in [0.5, 0.6) is 0 Å². The molecule has 1 aromatic carbocycles. The van der Waals surface area contributed by atoms with Crippen molar-refractivity contribution in [2.75, 3.05) is 5.88 Å². The van der Waals surface area contributed by atoms with E-state index in [1.807, 2.05) is 13.8 Å². The number of benzene rings is 1. The second kappa shape index (κ2) is 6.78. The number of carbonyl (C=O) groups excluding carboxylic acids is 1. The van der Waals surface area contributed by atoms with Gasteiger partial charge in [0.1, 0.15) is 0 Å². The molecule has 1 N–H and O–H groups in total. The molecular formula is C13H16BrCl2NO. The molecular weight excluding hydrogens is 337 g/mol. The number of hydrogen-bond donors (Lipinski definition) is 1. The second-order valence-corrected chi connectivity index (χ2v) is 5.76. The van der Waals surface area contributed by atoms with Crippen molar-refractivity contribution >= 4 is 45.0 Å². The Kier molecular flexibility index (Phi) is 5.96. The minimum Gasteiger partial charge on any atom is -0.345 e. The van der Waals surface area contributed by atoms with E-state index in [-0.39, 0.29) is 11.4 Å². The molecule has 0 aliphatic heterocycles. The van der Waals surface area contributed by atoms with Gasteiger partial charge in [-0.05, 0) is 47.0 Å². The Morgan fingerprint density at radius 1 is 1.39 bits per heavy atom. The van der Waals surface area contributed by atoms with Crippen LogP contribution < -0.4 is 5.32 Å². The van der Waals surface area contributed by atoms with Crippen LogP contribution in [-0.2, 0) is 0 Å². The van der Waals surface area contributed by atoms with Crippen LogP contribution in [-0.4, -0.2) is 17.3 Å². The van der Waals surface area contributed by atoms with E-state index in [1.54, 1.807) is 18.2 Å². The molecule has 0 saturated carbocycles. The SMILES string of the molecule is CCC(CC)(CCl)NC(=O)c1cc(Cl)ccc1Br. The van der Waals surface area contributed by atoms with Gasteiger partial charge in [0, 0.05) is 15.4 Å². The van der Waals surface area contributed by atoms with Crippen molar-refractivity contribution in [3.8, 4) is 0 Å². The average molecular weight is 353 g/mol. The topological polar surface area (TPSA) is 29.1 Å². The first-order chi connectivity index (χ1) is 8.48. The van der Waals surface area contributed by atoms with Crippen LogP contribution in [0.25, 0.3) is 0 Å². The highest BCUT2D eigenvalue weighted by molar-refractivity contribution is 9.10. The number of halogens is 3. The molecule has 0 heterocycles. The number of rotatable bonds is 5. The highest BCUT2D eigenvalue weighted by atomic mass is 79.9. The number of nitrogens with one attached hydrogen (secondary N) is 1. The van der Waals surface area contributed by atoms with E-state index in [4.69, 9.17) is 23.2 Å². The molecule has 0 radical (unpaired) electrons. The number of alkyl halides is 1. The zero-order valence-electron chi connectivity index (χ0n) is 10.4. The highest BCUT2D eigenvalue weighted by Gasteiger charge is 2.28. The third-order valence-electron chi connectivity index (χ3n) is 3.16. The normalized spacial score (nSPS) is 11.4. The van der Waals surface area contributed by atoms with Crippen molar-refractivity contribution in [2.24, 2.45) is 0 Å². The van der Waals surface area contributed by atoms with Crippen molar-refractivity contribution in [3.05, 3.63) is 33.3 Å². The van der Waals surface area contributed by atoms with Crippen molar-refractivity contribution in [1.29, 1.82) is 0 Å². The summed E-state index contributed by atoms with van der Waals surface area (Å²) in [7, 11) is 0. The molecule has 5 heteroatoms. The van der Waals surface area contributed by atoms with Gasteiger partial charge in [-0.1, -0.05) is 25.4 Å². The van der Waals surface area contributed by atoms with Gasteiger partial charge in [-0.2, -0.15) is 0 Å². The fourth-order valence-corrected chi connectivity index (χ4v) is 2.67. The Labute approximate surface area is 126 Å². The second-order valence-electron chi connectivity index (χ2n) is 4.20. The van der Waals surface area contributed by atoms with Gasteiger partial charge in [-0.15, -0.1) is 11.6 Å². The first-order valence-corrected chi connectivity index (χ1v) is 7.52. The van der Waals surface area contributed by atoms with E-state index < -0.39 is 0 Å². The largest absolute Gasteiger partial charge is 0.345 e. The van der Waals surface area contributed by atoms with Crippen LogP contribution in [0.2, 0.25) is 5.02 Å². The summed E-state index contributed by atoms with van der Waals surface area (Å²) < 4.78 is 0.722. The molecule has 100 valence electrons. The summed E-state index contributed by atoms with van der Waals surface area (Å²) in [5, 5.41) is 3.54.